The van der Waals surface area contributed by atoms with Crippen LogP contribution in [0.2, 0.25) is 0 Å². The summed E-state index contributed by atoms with van der Waals surface area (Å²) in [7, 11) is 0. The Kier molecular flexibility index (Phi) is 18.1. The van der Waals surface area contributed by atoms with Gasteiger partial charge in [-0.3, -0.25) is 34.1 Å². The van der Waals surface area contributed by atoms with Crippen molar-refractivity contribution < 1.29 is 34.0 Å². The predicted octanol–water partition coefficient (Wildman–Crippen LogP) is 2.79. The molecule has 0 aliphatic rings. The molecule has 14 heteroatoms. The van der Waals surface area contributed by atoms with Crippen molar-refractivity contribution >= 4 is 35.3 Å². The molecule has 1 aromatic carbocycles. The maximum atomic E-state index is 13.4. The van der Waals surface area contributed by atoms with Crippen molar-refractivity contribution in [2.45, 2.75) is 117 Å². The van der Waals surface area contributed by atoms with Gasteiger partial charge >= 0.3 is 5.97 Å². The van der Waals surface area contributed by atoms with Crippen LogP contribution in [0.25, 0.3) is 0 Å². The highest BCUT2D eigenvalue weighted by Crippen LogP contribution is 2.13. The summed E-state index contributed by atoms with van der Waals surface area (Å²) in [6.45, 7) is 11.7. The molecule has 0 aromatic heterocycles. The minimum atomic E-state index is -1.00. The van der Waals surface area contributed by atoms with Gasteiger partial charge in [-0.05, 0) is 43.6 Å². The molecular weight excluding hydrogens is 596 g/mol. The van der Waals surface area contributed by atoms with E-state index < -0.39 is 40.8 Å². The quantitative estimate of drug-likeness (QED) is 0.0805. The van der Waals surface area contributed by atoms with Crippen molar-refractivity contribution in [2.75, 3.05) is 6.54 Å². The molecule has 0 saturated heterocycles. The molecule has 14 nitrogen and oxygen atoms in total. The molecule has 0 fully saturated rings. The average molecular weight is 649 g/mol. The monoisotopic (exact) mass is 648 g/mol. The zero-order valence-corrected chi connectivity index (χ0v) is 27.9. The number of carboxylic acid groups (broad SMARTS) is 1. The molecule has 0 radical (unpaired) electrons. The van der Waals surface area contributed by atoms with Crippen LogP contribution in [-0.2, 0) is 30.5 Å². The number of non-ortho nitro benzene ring substituents is 1. The summed E-state index contributed by atoms with van der Waals surface area (Å²) in [5, 5.41) is 34.3. The summed E-state index contributed by atoms with van der Waals surface area (Å²) >= 11 is 0. The van der Waals surface area contributed by atoms with Gasteiger partial charge in [-0.2, -0.15) is 0 Å². The standard InChI is InChI=1S/C32H52N6O8/c1-7-11-26(36-32(44)29(21(5)8-2)37-27(39)14-10-15-28(40)41)31(43)35-24(16-20(3)4)19-33-22(6)30(42)34-18-23-12-9-13-25(17-23)38(45)46/h9,12-13,17,20-22,24,26,29,33H,7-8,10-11,14-16,18-19H2,1-6H3,(H,34,42)(H,35,43)(H,36,44)(H,37,39)(H,40,41)/t21-,22+,24+,26+,29+/m1/s1. The Morgan fingerprint density at radius 2 is 1.63 bits per heavy atom. The number of amides is 4. The Labute approximate surface area is 271 Å². The summed E-state index contributed by atoms with van der Waals surface area (Å²) in [6, 6.07) is 3.32. The highest BCUT2D eigenvalue weighted by Gasteiger charge is 2.30. The van der Waals surface area contributed by atoms with Gasteiger partial charge in [0.25, 0.3) is 5.69 Å². The third-order valence-electron chi connectivity index (χ3n) is 7.57. The number of benzene rings is 1. The fraction of sp³-hybridized carbons (Fsp3) is 0.656. The van der Waals surface area contributed by atoms with Gasteiger partial charge in [0.15, 0.2) is 0 Å². The molecule has 1 aromatic rings. The lowest BCUT2D eigenvalue weighted by molar-refractivity contribution is -0.384. The Bertz CT molecular complexity index is 1180. The fourth-order valence-corrected chi connectivity index (χ4v) is 4.76. The predicted molar refractivity (Wildman–Crippen MR) is 174 cm³/mol. The molecule has 0 saturated carbocycles. The van der Waals surface area contributed by atoms with E-state index in [4.69, 9.17) is 5.11 Å². The molecule has 46 heavy (non-hydrogen) atoms. The van der Waals surface area contributed by atoms with Crippen LogP contribution in [0.3, 0.4) is 0 Å². The number of aliphatic carboxylic acids is 1. The molecule has 6 N–H and O–H groups in total. The maximum absolute atomic E-state index is 13.4. The number of nitro benzene ring substituents is 1. The third-order valence-corrected chi connectivity index (χ3v) is 7.57. The van der Waals surface area contributed by atoms with E-state index in [-0.39, 0.29) is 67.7 Å². The molecule has 0 heterocycles. The van der Waals surface area contributed by atoms with E-state index >= 15 is 0 Å². The van der Waals surface area contributed by atoms with Crippen LogP contribution in [0.15, 0.2) is 24.3 Å². The summed E-state index contributed by atoms with van der Waals surface area (Å²) in [6.07, 6.45) is 2.16. The Hall–Kier alpha value is -4.07. The summed E-state index contributed by atoms with van der Waals surface area (Å²) < 4.78 is 0. The first-order valence-corrected chi connectivity index (χ1v) is 16.0. The number of carboxylic acids is 1. The van der Waals surface area contributed by atoms with Crippen LogP contribution in [0.5, 0.6) is 0 Å². The summed E-state index contributed by atoms with van der Waals surface area (Å²) in [4.78, 5) is 73.2. The van der Waals surface area contributed by atoms with Crippen LogP contribution in [0.1, 0.15) is 92.1 Å². The molecule has 0 aliphatic heterocycles. The lowest BCUT2D eigenvalue weighted by atomic mass is 9.97. The molecule has 258 valence electrons. The summed E-state index contributed by atoms with van der Waals surface area (Å²) in [5.74, 6) is -2.60. The van der Waals surface area contributed by atoms with Crippen LogP contribution in [0.4, 0.5) is 5.69 Å². The zero-order chi connectivity index (χ0) is 34.8. The van der Waals surface area contributed by atoms with Crippen molar-refractivity contribution in [2.24, 2.45) is 11.8 Å². The van der Waals surface area contributed by atoms with E-state index in [1.54, 1.807) is 19.1 Å². The molecule has 4 amide bonds. The smallest absolute Gasteiger partial charge is 0.303 e. The van der Waals surface area contributed by atoms with Gasteiger partial charge in [-0.25, -0.2) is 0 Å². The van der Waals surface area contributed by atoms with Crippen LogP contribution in [-0.4, -0.2) is 70.3 Å². The van der Waals surface area contributed by atoms with Crippen LogP contribution >= 0.6 is 0 Å². The maximum Gasteiger partial charge on any atom is 0.303 e. The molecule has 1 rings (SSSR count). The highest BCUT2D eigenvalue weighted by atomic mass is 16.6. The second-order valence-electron chi connectivity index (χ2n) is 12.1. The first-order chi connectivity index (χ1) is 21.7. The van der Waals surface area contributed by atoms with Crippen molar-refractivity contribution in [3.05, 3.63) is 39.9 Å². The first kappa shape index (κ1) is 40.0. The number of nitrogens with one attached hydrogen (secondary N) is 5. The largest absolute Gasteiger partial charge is 0.481 e. The zero-order valence-electron chi connectivity index (χ0n) is 27.9. The second-order valence-corrected chi connectivity index (χ2v) is 12.1. The number of hydrogen-bond donors (Lipinski definition) is 6. The number of carbonyl (C=O) groups excluding carboxylic acids is 4. The van der Waals surface area contributed by atoms with E-state index in [9.17, 15) is 34.1 Å². The van der Waals surface area contributed by atoms with E-state index in [1.165, 1.54) is 12.1 Å². The van der Waals surface area contributed by atoms with Crippen molar-refractivity contribution in [1.82, 2.24) is 26.6 Å². The normalized spacial score (nSPS) is 14.3. The highest BCUT2D eigenvalue weighted by molar-refractivity contribution is 5.92. The second kappa shape index (κ2) is 20.9. The minimum absolute atomic E-state index is 0.0273. The number of nitrogens with zero attached hydrogens (tertiary/aromatic N) is 1. The molecule has 0 spiro atoms. The van der Waals surface area contributed by atoms with E-state index in [0.29, 0.717) is 31.2 Å². The van der Waals surface area contributed by atoms with Gasteiger partial charge in [0.2, 0.25) is 23.6 Å². The Morgan fingerprint density at radius 1 is 0.935 bits per heavy atom. The SMILES string of the molecule is CCC[C@H](NC(=O)[C@@H](NC(=O)CCCC(=O)O)[C@H](C)CC)C(=O)N[C@H](CN[C@@H](C)C(=O)NCc1cccc([N+](=O)[O-])c1)CC(C)C. The van der Waals surface area contributed by atoms with Crippen molar-refractivity contribution in [3.63, 3.8) is 0 Å². The molecule has 0 bridgehead atoms. The first-order valence-electron chi connectivity index (χ1n) is 16.0. The Morgan fingerprint density at radius 3 is 2.22 bits per heavy atom. The fourth-order valence-electron chi connectivity index (χ4n) is 4.76. The van der Waals surface area contributed by atoms with Crippen molar-refractivity contribution in [3.8, 4) is 0 Å². The van der Waals surface area contributed by atoms with Gasteiger partial charge in [-0.1, -0.05) is 59.6 Å². The number of carbonyl (C=O) groups is 5. The van der Waals surface area contributed by atoms with E-state index in [0.717, 1.165) is 0 Å². The number of nitro groups is 1. The van der Waals surface area contributed by atoms with Crippen LogP contribution < -0.4 is 26.6 Å². The molecular formula is C32H52N6O8. The summed E-state index contributed by atoms with van der Waals surface area (Å²) in [5.41, 5.74) is 0.535. The Balaban J connectivity index is 2.84. The lowest BCUT2D eigenvalue weighted by Crippen LogP contribution is -2.57. The third kappa shape index (κ3) is 15.3. The molecule has 0 unspecified atom stereocenters. The average Bonchev–Trinajstić information content (AvgIpc) is 2.99. The molecule has 5 atom stereocenters. The van der Waals surface area contributed by atoms with Crippen LogP contribution in [0, 0.1) is 22.0 Å². The van der Waals surface area contributed by atoms with Gasteiger partial charge in [0.1, 0.15) is 12.1 Å². The van der Waals surface area contributed by atoms with E-state index in [1.807, 2.05) is 34.6 Å². The lowest BCUT2D eigenvalue weighted by Gasteiger charge is -2.28. The number of hydrogen-bond acceptors (Lipinski definition) is 8. The van der Waals surface area contributed by atoms with Gasteiger partial charge in [0.05, 0.1) is 11.0 Å². The van der Waals surface area contributed by atoms with E-state index in [2.05, 4.69) is 26.6 Å². The number of rotatable bonds is 22. The minimum Gasteiger partial charge on any atom is -0.481 e. The van der Waals surface area contributed by atoms with Gasteiger partial charge in [0, 0.05) is 44.1 Å². The van der Waals surface area contributed by atoms with Gasteiger partial charge < -0.3 is 31.7 Å². The van der Waals surface area contributed by atoms with Gasteiger partial charge in [-0.15, -0.1) is 0 Å². The topological polar surface area (TPSA) is 209 Å². The molecule has 0 aliphatic carbocycles. The van der Waals surface area contributed by atoms with Crippen molar-refractivity contribution in [1.29, 1.82) is 0 Å².